The molecule has 1 aliphatic heterocycles. The fraction of sp³-hybridized carbons (Fsp3) is 0.857. The zero-order valence-corrected chi connectivity index (χ0v) is 12.3. The van der Waals surface area contributed by atoms with Crippen LogP contribution in [0.2, 0.25) is 0 Å². The van der Waals surface area contributed by atoms with Crippen LogP contribution < -0.4 is 0 Å². The van der Waals surface area contributed by atoms with Gasteiger partial charge in [-0.05, 0) is 38.3 Å². The average Bonchev–Trinajstić information content (AvgIpc) is 2.84. The van der Waals surface area contributed by atoms with Gasteiger partial charge in [-0.1, -0.05) is 13.8 Å². The van der Waals surface area contributed by atoms with E-state index in [4.69, 9.17) is 0 Å². The number of carboxylic acid groups (broad SMARTS) is 1. The highest BCUT2D eigenvalue weighted by atomic mass is 16.4. The zero-order valence-electron chi connectivity index (χ0n) is 12.3. The van der Waals surface area contributed by atoms with Crippen molar-refractivity contribution in [3.8, 4) is 0 Å². The second-order valence-corrected chi connectivity index (χ2v) is 5.79. The molecule has 1 N–H and O–H groups in total. The highest BCUT2D eigenvalue weighted by Gasteiger charge is 2.27. The fourth-order valence-corrected chi connectivity index (χ4v) is 2.48. The Morgan fingerprint density at radius 3 is 2.32 bits per heavy atom. The van der Waals surface area contributed by atoms with Crippen LogP contribution in [0.3, 0.4) is 0 Å². The van der Waals surface area contributed by atoms with Crippen molar-refractivity contribution in [2.75, 3.05) is 26.7 Å². The number of rotatable bonds is 7. The third-order valence-electron chi connectivity index (χ3n) is 3.68. The van der Waals surface area contributed by atoms with Crippen LogP contribution in [-0.2, 0) is 9.59 Å². The van der Waals surface area contributed by atoms with Crippen molar-refractivity contribution < 1.29 is 14.7 Å². The Bertz CT molecular complexity index is 312. The van der Waals surface area contributed by atoms with Crippen molar-refractivity contribution in [1.29, 1.82) is 0 Å². The van der Waals surface area contributed by atoms with Gasteiger partial charge < -0.3 is 14.9 Å². The van der Waals surface area contributed by atoms with Gasteiger partial charge in [-0.2, -0.15) is 0 Å². The molecule has 110 valence electrons. The molecule has 1 unspecified atom stereocenters. The molecule has 0 aliphatic carbocycles. The van der Waals surface area contributed by atoms with Gasteiger partial charge in [0.2, 0.25) is 5.91 Å². The van der Waals surface area contributed by atoms with E-state index in [0.29, 0.717) is 12.8 Å². The number of amides is 1. The molecule has 19 heavy (non-hydrogen) atoms. The summed E-state index contributed by atoms with van der Waals surface area (Å²) in [5.74, 6) is -0.722. The van der Waals surface area contributed by atoms with Crippen molar-refractivity contribution in [3.05, 3.63) is 0 Å². The number of carbonyl (C=O) groups is 2. The summed E-state index contributed by atoms with van der Waals surface area (Å²) < 4.78 is 0. The molecular formula is C14H26N2O3. The van der Waals surface area contributed by atoms with Gasteiger partial charge in [0.25, 0.3) is 0 Å². The predicted molar refractivity (Wildman–Crippen MR) is 73.9 cm³/mol. The van der Waals surface area contributed by atoms with Crippen molar-refractivity contribution >= 4 is 11.9 Å². The van der Waals surface area contributed by atoms with Gasteiger partial charge in [-0.3, -0.25) is 4.79 Å². The molecule has 0 radical (unpaired) electrons. The van der Waals surface area contributed by atoms with Crippen LogP contribution in [0.15, 0.2) is 0 Å². The standard InChI is InChI=1S/C14H26N2O3/c1-11(2)10-12(14(18)19)15(3)13(17)6-9-16-7-4-5-8-16/h11-12H,4-10H2,1-3H3,(H,18,19). The molecule has 0 aromatic heterocycles. The second-order valence-electron chi connectivity index (χ2n) is 5.79. The number of hydrogen-bond donors (Lipinski definition) is 1. The van der Waals surface area contributed by atoms with Crippen molar-refractivity contribution in [2.45, 2.75) is 45.6 Å². The highest BCUT2D eigenvalue weighted by molar-refractivity contribution is 5.83. The topological polar surface area (TPSA) is 60.9 Å². The molecule has 1 saturated heterocycles. The molecule has 1 heterocycles. The van der Waals surface area contributed by atoms with Crippen LogP contribution in [0.5, 0.6) is 0 Å². The van der Waals surface area contributed by atoms with E-state index in [2.05, 4.69) is 4.90 Å². The van der Waals surface area contributed by atoms with E-state index in [9.17, 15) is 14.7 Å². The number of likely N-dealkylation sites (N-methyl/N-ethyl adjacent to an activating group) is 1. The third-order valence-corrected chi connectivity index (χ3v) is 3.68. The maximum atomic E-state index is 12.1. The van der Waals surface area contributed by atoms with Gasteiger partial charge in [0.15, 0.2) is 0 Å². The molecule has 0 aromatic carbocycles. The van der Waals surface area contributed by atoms with Gasteiger partial charge in [-0.25, -0.2) is 4.79 Å². The van der Waals surface area contributed by atoms with Crippen LogP contribution in [0, 0.1) is 5.92 Å². The third kappa shape index (κ3) is 5.19. The molecule has 1 atom stereocenters. The number of hydrogen-bond acceptors (Lipinski definition) is 3. The van der Waals surface area contributed by atoms with Gasteiger partial charge in [0.05, 0.1) is 0 Å². The highest BCUT2D eigenvalue weighted by Crippen LogP contribution is 2.13. The first-order valence-electron chi connectivity index (χ1n) is 7.12. The summed E-state index contributed by atoms with van der Waals surface area (Å²) in [7, 11) is 1.60. The largest absolute Gasteiger partial charge is 0.480 e. The van der Waals surface area contributed by atoms with E-state index in [-0.39, 0.29) is 11.8 Å². The minimum atomic E-state index is -0.911. The van der Waals surface area contributed by atoms with Gasteiger partial charge in [0, 0.05) is 20.0 Å². The van der Waals surface area contributed by atoms with Crippen LogP contribution >= 0.6 is 0 Å². The number of likely N-dealkylation sites (tertiary alicyclic amines) is 1. The Balaban J connectivity index is 2.45. The SMILES string of the molecule is CC(C)CC(C(=O)O)N(C)C(=O)CCN1CCCC1. The van der Waals surface area contributed by atoms with Crippen LogP contribution in [0.25, 0.3) is 0 Å². The lowest BCUT2D eigenvalue weighted by Crippen LogP contribution is -2.44. The lowest BCUT2D eigenvalue weighted by Gasteiger charge is -2.27. The molecule has 0 bridgehead atoms. The lowest BCUT2D eigenvalue weighted by molar-refractivity contribution is -0.149. The van der Waals surface area contributed by atoms with E-state index in [1.165, 1.54) is 17.7 Å². The van der Waals surface area contributed by atoms with Crippen LogP contribution in [0.4, 0.5) is 0 Å². The minimum Gasteiger partial charge on any atom is -0.480 e. The molecule has 5 nitrogen and oxygen atoms in total. The summed E-state index contributed by atoms with van der Waals surface area (Å²) in [5, 5.41) is 9.22. The fourth-order valence-electron chi connectivity index (χ4n) is 2.48. The van der Waals surface area contributed by atoms with Gasteiger partial charge in [0.1, 0.15) is 6.04 Å². The monoisotopic (exact) mass is 270 g/mol. The van der Waals surface area contributed by atoms with E-state index >= 15 is 0 Å². The summed E-state index contributed by atoms with van der Waals surface area (Å²) in [6.07, 6.45) is 3.32. The smallest absolute Gasteiger partial charge is 0.326 e. The van der Waals surface area contributed by atoms with Crippen molar-refractivity contribution in [3.63, 3.8) is 0 Å². The summed E-state index contributed by atoms with van der Waals surface area (Å²) in [6, 6.07) is -0.703. The summed E-state index contributed by atoms with van der Waals surface area (Å²) >= 11 is 0. The average molecular weight is 270 g/mol. The van der Waals surface area contributed by atoms with E-state index < -0.39 is 12.0 Å². The van der Waals surface area contributed by atoms with Crippen LogP contribution in [0.1, 0.15) is 39.5 Å². The second kappa shape index (κ2) is 7.48. The Hall–Kier alpha value is -1.10. The molecule has 0 saturated carbocycles. The first-order valence-corrected chi connectivity index (χ1v) is 7.12. The Labute approximate surface area is 115 Å². The molecule has 1 amide bonds. The summed E-state index contributed by atoms with van der Waals surface area (Å²) in [6.45, 7) is 6.81. The quantitative estimate of drug-likeness (QED) is 0.760. The maximum Gasteiger partial charge on any atom is 0.326 e. The molecule has 1 rings (SSSR count). The molecule has 0 spiro atoms. The molecule has 1 aliphatic rings. The van der Waals surface area contributed by atoms with Gasteiger partial charge >= 0.3 is 5.97 Å². The summed E-state index contributed by atoms with van der Waals surface area (Å²) in [5.41, 5.74) is 0. The van der Waals surface area contributed by atoms with E-state index in [0.717, 1.165) is 19.6 Å². The van der Waals surface area contributed by atoms with E-state index in [1.807, 2.05) is 13.8 Å². The molecule has 0 aromatic rings. The number of carbonyl (C=O) groups excluding carboxylic acids is 1. The minimum absolute atomic E-state index is 0.0695. The Morgan fingerprint density at radius 2 is 1.84 bits per heavy atom. The lowest BCUT2D eigenvalue weighted by atomic mass is 10.0. The summed E-state index contributed by atoms with van der Waals surface area (Å²) in [4.78, 5) is 27.0. The number of nitrogens with zero attached hydrogens (tertiary/aromatic N) is 2. The Kier molecular flexibility index (Phi) is 6.28. The zero-order chi connectivity index (χ0) is 14.4. The van der Waals surface area contributed by atoms with Crippen molar-refractivity contribution in [1.82, 2.24) is 9.80 Å². The molecule has 1 fully saturated rings. The normalized spacial score (nSPS) is 17.7. The molecular weight excluding hydrogens is 244 g/mol. The Morgan fingerprint density at radius 1 is 1.26 bits per heavy atom. The first kappa shape index (κ1) is 16.0. The first-order chi connectivity index (χ1) is 8.91. The van der Waals surface area contributed by atoms with Crippen molar-refractivity contribution in [2.24, 2.45) is 5.92 Å². The van der Waals surface area contributed by atoms with Gasteiger partial charge in [-0.15, -0.1) is 0 Å². The number of carboxylic acids is 1. The maximum absolute atomic E-state index is 12.1. The number of aliphatic carboxylic acids is 1. The van der Waals surface area contributed by atoms with Crippen LogP contribution in [-0.4, -0.2) is 59.5 Å². The molecule has 5 heteroatoms. The predicted octanol–water partition coefficient (Wildman–Crippen LogP) is 1.43. The van der Waals surface area contributed by atoms with E-state index in [1.54, 1.807) is 7.05 Å².